The first-order valence-corrected chi connectivity index (χ1v) is 6.02. The van der Waals surface area contributed by atoms with E-state index in [2.05, 4.69) is 4.74 Å². The number of methoxy groups -OCH3 is 1. The van der Waals surface area contributed by atoms with Gasteiger partial charge in [0.05, 0.1) is 7.11 Å². The molecule has 1 N–H and O–H groups in total. The van der Waals surface area contributed by atoms with Gasteiger partial charge in [-0.15, -0.1) is 0 Å². The van der Waals surface area contributed by atoms with E-state index in [1.807, 2.05) is 0 Å². The van der Waals surface area contributed by atoms with Gasteiger partial charge in [-0.05, 0) is 36.4 Å². The van der Waals surface area contributed by atoms with E-state index in [0.29, 0.717) is 24.3 Å². The third-order valence-electron chi connectivity index (χ3n) is 3.12. The minimum Gasteiger partial charge on any atom is -0.466 e. The van der Waals surface area contributed by atoms with E-state index < -0.39 is 46.0 Å². The largest absolute Gasteiger partial charge is 0.466 e. The Balaban J connectivity index is 2.81. The average molecular weight is 314 g/mol. The highest BCUT2D eigenvalue weighted by Crippen LogP contribution is 2.35. The molecule has 0 bridgehead atoms. The molecule has 7 heteroatoms. The Morgan fingerprint density at radius 1 is 0.955 bits per heavy atom. The van der Waals surface area contributed by atoms with Crippen LogP contribution in [-0.2, 0) is 15.1 Å². The Labute approximate surface area is 122 Å². The van der Waals surface area contributed by atoms with Gasteiger partial charge in [-0.2, -0.15) is 0 Å². The Hall–Kier alpha value is -2.41. The molecule has 0 aliphatic rings. The summed E-state index contributed by atoms with van der Waals surface area (Å²) in [5.74, 6) is -5.80. The van der Waals surface area contributed by atoms with Crippen molar-refractivity contribution in [3.8, 4) is 0 Å². The molecule has 0 fully saturated rings. The number of carbonyl (C=O) groups is 1. The Morgan fingerprint density at radius 3 is 1.73 bits per heavy atom. The average Bonchev–Trinajstić information content (AvgIpc) is 2.50. The molecule has 2 rings (SSSR count). The van der Waals surface area contributed by atoms with E-state index in [1.165, 1.54) is 0 Å². The molecule has 0 amide bonds. The van der Waals surface area contributed by atoms with E-state index in [9.17, 15) is 27.5 Å². The zero-order valence-electron chi connectivity index (χ0n) is 11.2. The highest BCUT2D eigenvalue weighted by molar-refractivity contribution is 5.85. The SMILES string of the molecule is COC(=O)C(O)(c1cc(F)ccc1F)c1cc(F)ccc1F. The summed E-state index contributed by atoms with van der Waals surface area (Å²) in [6.07, 6.45) is 0. The van der Waals surface area contributed by atoms with Crippen molar-refractivity contribution in [3.63, 3.8) is 0 Å². The molecular formula is C15H10F4O3. The lowest BCUT2D eigenvalue weighted by Crippen LogP contribution is -2.40. The molecule has 0 spiro atoms. The van der Waals surface area contributed by atoms with Gasteiger partial charge >= 0.3 is 5.97 Å². The van der Waals surface area contributed by atoms with Crippen LogP contribution in [0.25, 0.3) is 0 Å². The highest BCUT2D eigenvalue weighted by Gasteiger charge is 2.45. The van der Waals surface area contributed by atoms with Crippen molar-refractivity contribution in [2.24, 2.45) is 0 Å². The fourth-order valence-electron chi connectivity index (χ4n) is 2.06. The summed E-state index contributed by atoms with van der Waals surface area (Å²) in [4.78, 5) is 11.9. The standard InChI is InChI=1S/C15H10F4O3/c1-22-14(20)15(21,10-6-8(16)2-4-12(10)18)11-7-9(17)3-5-13(11)19/h2-7,21H,1H3. The molecule has 0 heterocycles. The van der Waals surface area contributed by atoms with Crippen molar-refractivity contribution in [3.05, 3.63) is 70.8 Å². The summed E-state index contributed by atoms with van der Waals surface area (Å²) in [6, 6.07) is 3.82. The zero-order chi connectivity index (χ0) is 16.5. The van der Waals surface area contributed by atoms with Crippen LogP contribution in [0, 0.1) is 23.3 Å². The van der Waals surface area contributed by atoms with Crippen molar-refractivity contribution in [2.45, 2.75) is 5.60 Å². The molecule has 0 saturated heterocycles. The van der Waals surface area contributed by atoms with E-state index in [4.69, 9.17) is 0 Å². The smallest absolute Gasteiger partial charge is 0.347 e. The number of hydrogen-bond acceptors (Lipinski definition) is 3. The van der Waals surface area contributed by atoms with Gasteiger partial charge in [0.1, 0.15) is 23.3 Å². The van der Waals surface area contributed by atoms with Crippen LogP contribution in [-0.4, -0.2) is 18.2 Å². The van der Waals surface area contributed by atoms with E-state index in [0.717, 1.165) is 19.2 Å². The zero-order valence-corrected chi connectivity index (χ0v) is 11.2. The van der Waals surface area contributed by atoms with Crippen LogP contribution in [0.2, 0.25) is 0 Å². The van der Waals surface area contributed by atoms with Crippen LogP contribution in [0.3, 0.4) is 0 Å². The van der Waals surface area contributed by atoms with Crippen LogP contribution < -0.4 is 0 Å². The van der Waals surface area contributed by atoms with Gasteiger partial charge in [0.2, 0.25) is 5.60 Å². The molecule has 0 atom stereocenters. The quantitative estimate of drug-likeness (QED) is 0.700. The Morgan fingerprint density at radius 2 is 1.36 bits per heavy atom. The first kappa shape index (κ1) is 16.0. The number of benzene rings is 2. The molecule has 0 aliphatic heterocycles. The van der Waals surface area contributed by atoms with Gasteiger partial charge < -0.3 is 9.84 Å². The topological polar surface area (TPSA) is 46.5 Å². The summed E-state index contributed by atoms with van der Waals surface area (Å²) < 4.78 is 58.9. The fraction of sp³-hybridized carbons (Fsp3) is 0.133. The molecule has 3 nitrogen and oxygen atoms in total. The van der Waals surface area contributed by atoms with Gasteiger partial charge in [-0.3, -0.25) is 0 Å². The van der Waals surface area contributed by atoms with Crippen molar-refractivity contribution in [1.82, 2.24) is 0 Å². The molecule has 22 heavy (non-hydrogen) atoms. The number of ether oxygens (including phenoxy) is 1. The lowest BCUT2D eigenvalue weighted by Gasteiger charge is -2.27. The molecular weight excluding hydrogens is 304 g/mol. The lowest BCUT2D eigenvalue weighted by atomic mass is 9.85. The van der Waals surface area contributed by atoms with Gasteiger partial charge in [0, 0.05) is 11.1 Å². The maximum atomic E-state index is 13.9. The monoisotopic (exact) mass is 314 g/mol. The maximum Gasteiger partial charge on any atom is 0.347 e. The van der Waals surface area contributed by atoms with Gasteiger partial charge in [0.25, 0.3) is 0 Å². The minimum atomic E-state index is -3.03. The lowest BCUT2D eigenvalue weighted by molar-refractivity contribution is -0.159. The fourth-order valence-corrected chi connectivity index (χ4v) is 2.06. The van der Waals surface area contributed by atoms with Crippen molar-refractivity contribution < 1.29 is 32.2 Å². The van der Waals surface area contributed by atoms with Crippen LogP contribution in [0.4, 0.5) is 17.6 Å². The second kappa shape index (κ2) is 5.76. The number of aliphatic hydroxyl groups is 1. The predicted octanol–water partition coefficient (Wildman–Crippen LogP) is 2.65. The summed E-state index contributed by atoms with van der Waals surface area (Å²) in [7, 11) is 0.863. The molecule has 2 aromatic carbocycles. The molecule has 116 valence electrons. The molecule has 0 aliphatic carbocycles. The second-order valence-electron chi connectivity index (χ2n) is 4.45. The number of hydrogen-bond donors (Lipinski definition) is 1. The van der Waals surface area contributed by atoms with Crippen LogP contribution in [0.15, 0.2) is 36.4 Å². The first-order valence-electron chi connectivity index (χ1n) is 6.02. The highest BCUT2D eigenvalue weighted by atomic mass is 19.1. The van der Waals surface area contributed by atoms with E-state index in [-0.39, 0.29) is 0 Å². The minimum absolute atomic E-state index is 0.511. The van der Waals surface area contributed by atoms with E-state index in [1.54, 1.807) is 0 Å². The van der Waals surface area contributed by atoms with Gasteiger partial charge in [-0.1, -0.05) is 0 Å². The molecule has 0 radical (unpaired) electrons. The third-order valence-corrected chi connectivity index (χ3v) is 3.12. The normalized spacial score (nSPS) is 11.4. The Bertz CT molecular complexity index is 679. The number of halogens is 4. The van der Waals surface area contributed by atoms with E-state index >= 15 is 0 Å². The maximum absolute atomic E-state index is 13.9. The molecule has 0 unspecified atom stereocenters. The van der Waals surface area contributed by atoms with Crippen LogP contribution >= 0.6 is 0 Å². The third kappa shape index (κ3) is 2.55. The molecule has 0 aromatic heterocycles. The van der Waals surface area contributed by atoms with Crippen molar-refractivity contribution >= 4 is 5.97 Å². The predicted molar refractivity (Wildman–Crippen MR) is 67.7 cm³/mol. The summed E-state index contributed by atoms with van der Waals surface area (Å²) in [6.45, 7) is 0. The first-order chi connectivity index (χ1) is 10.3. The number of rotatable bonds is 3. The summed E-state index contributed by atoms with van der Waals surface area (Å²) in [5, 5.41) is 10.5. The molecule has 2 aromatic rings. The van der Waals surface area contributed by atoms with Crippen molar-refractivity contribution in [2.75, 3.05) is 7.11 Å². The number of esters is 1. The van der Waals surface area contributed by atoms with Crippen LogP contribution in [0.5, 0.6) is 0 Å². The summed E-state index contributed by atoms with van der Waals surface area (Å²) >= 11 is 0. The summed E-state index contributed by atoms with van der Waals surface area (Å²) in [5.41, 5.74) is -4.81. The van der Waals surface area contributed by atoms with Gasteiger partial charge in [0.15, 0.2) is 0 Å². The molecule has 0 saturated carbocycles. The van der Waals surface area contributed by atoms with Gasteiger partial charge in [-0.25, -0.2) is 22.4 Å². The number of carbonyl (C=O) groups excluding carboxylic acids is 1. The second-order valence-corrected chi connectivity index (χ2v) is 4.45. The van der Waals surface area contributed by atoms with Crippen LogP contribution in [0.1, 0.15) is 11.1 Å². The Kier molecular flexibility index (Phi) is 4.18. The van der Waals surface area contributed by atoms with Crippen molar-refractivity contribution in [1.29, 1.82) is 0 Å².